The number of hydrogen-bond acceptors (Lipinski definition) is 4. The van der Waals surface area contributed by atoms with Crippen LogP contribution in [0, 0.1) is 0 Å². The summed E-state index contributed by atoms with van der Waals surface area (Å²) >= 11 is 0. The van der Waals surface area contributed by atoms with Crippen LogP contribution in [0.3, 0.4) is 0 Å². The Balaban J connectivity index is 2.62. The second kappa shape index (κ2) is 8.17. The molecule has 0 radical (unpaired) electrons. The van der Waals surface area contributed by atoms with Crippen molar-refractivity contribution in [1.29, 1.82) is 0 Å². The van der Waals surface area contributed by atoms with Gasteiger partial charge in [-0.15, -0.1) is 0 Å². The minimum Gasteiger partial charge on any atom is -0.463 e. The Labute approximate surface area is 131 Å². The molecule has 0 fully saturated rings. The fourth-order valence-corrected chi connectivity index (χ4v) is 1.56. The third-order valence-corrected chi connectivity index (χ3v) is 2.46. The molecule has 4 heteroatoms. The fourth-order valence-electron chi connectivity index (χ4n) is 1.56. The second-order valence-electron chi connectivity index (χ2n) is 5.59. The van der Waals surface area contributed by atoms with Gasteiger partial charge in [-0.05, 0) is 45.4 Å². The molecule has 0 N–H and O–H groups in total. The van der Waals surface area contributed by atoms with E-state index in [1.54, 1.807) is 31.2 Å². The maximum atomic E-state index is 11.9. The van der Waals surface area contributed by atoms with Gasteiger partial charge >= 0.3 is 11.9 Å². The molecule has 0 bridgehead atoms. The zero-order chi connectivity index (χ0) is 16.6. The first-order chi connectivity index (χ1) is 10.3. The number of ether oxygens (including phenoxy) is 2. The third-order valence-electron chi connectivity index (χ3n) is 2.46. The molecule has 4 nitrogen and oxygen atoms in total. The predicted octanol–water partition coefficient (Wildman–Crippen LogP) is 3.77. The van der Waals surface area contributed by atoms with Crippen LogP contribution >= 0.6 is 0 Å². The number of hydrogen-bond donors (Lipinski definition) is 0. The van der Waals surface area contributed by atoms with E-state index in [-0.39, 0.29) is 11.9 Å². The molecule has 0 spiro atoms. The molecular formula is C18H22O4. The first-order valence-corrected chi connectivity index (χ1v) is 7.17. The van der Waals surface area contributed by atoms with E-state index in [2.05, 4.69) is 0 Å². The van der Waals surface area contributed by atoms with Crippen molar-refractivity contribution in [3.8, 4) is 0 Å². The van der Waals surface area contributed by atoms with Crippen molar-refractivity contribution in [2.75, 3.05) is 6.61 Å². The molecular weight excluding hydrogens is 280 g/mol. The smallest absolute Gasteiger partial charge is 0.338 e. The van der Waals surface area contributed by atoms with Crippen molar-refractivity contribution in [3.63, 3.8) is 0 Å². The van der Waals surface area contributed by atoms with E-state index >= 15 is 0 Å². The van der Waals surface area contributed by atoms with Gasteiger partial charge in [0.05, 0.1) is 12.2 Å². The minimum absolute atomic E-state index is 0.342. The van der Waals surface area contributed by atoms with Gasteiger partial charge in [0.2, 0.25) is 0 Å². The monoisotopic (exact) mass is 302 g/mol. The van der Waals surface area contributed by atoms with Crippen molar-refractivity contribution in [1.82, 2.24) is 0 Å². The summed E-state index contributed by atoms with van der Waals surface area (Å²) in [6.45, 7) is 7.61. The number of allylic oxidation sites excluding steroid dienone is 2. The van der Waals surface area contributed by atoms with Crippen LogP contribution in [-0.2, 0) is 14.3 Å². The van der Waals surface area contributed by atoms with Crippen molar-refractivity contribution < 1.29 is 19.1 Å². The molecule has 0 aliphatic rings. The number of rotatable bonds is 5. The largest absolute Gasteiger partial charge is 0.463 e. The first kappa shape index (κ1) is 17.7. The van der Waals surface area contributed by atoms with E-state index in [0.29, 0.717) is 12.2 Å². The van der Waals surface area contributed by atoms with Gasteiger partial charge in [-0.2, -0.15) is 0 Å². The predicted molar refractivity (Wildman–Crippen MR) is 86.4 cm³/mol. The van der Waals surface area contributed by atoms with Gasteiger partial charge in [0.25, 0.3) is 0 Å². The number of carbonyl (C=O) groups excluding carboxylic acids is 2. The van der Waals surface area contributed by atoms with Crippen LogP contribution in [0.2, 0.25) is 0 Å². The average molecular weight is 302 g/mol. The van der Waals surface area contributed by atoms with Gasteiger partial charge in [-0.3, -0.25) is 0 Å². The highest BCUT2D eigenvalue weighted by Gasteiger charge is 2.17. The minimum atomic E-state index is -0.506. The summed E-state index contributed by atoms with van der Waals surface area (Å²) in [7, 11) is 0. The van der Waals surface area contributed by atoms with Crippen LogP contribution < -0.4 is 0 Å². The van der Waals surface area contributed by atoms with Crippen LogP contribution in [0.5, 0.6) is 0 Å². The first-order valence-electron chi connectivity index (χ1n) is 7.17. The molecule has 1 rings (SSSR count). The molecule has 118 valence electrons. The van der Waals surface area contributed by atoms with Crippen molar-refractivity contribution in [3.05, 3.63) is 53.6 Å². The second-order valence-corrected chi connectivity index (χ2v) is 5.59. The summed E-state index contributed by atoms with van der Waals surface area (Å²) in [5.74, 6) is -0.710. The maximum Gasteiger partial charge on any atom is 0.338 e. The standard InChI is InChI=1S/C18H22O4/c1-5-21-16(19)9-7-6-8-14-10-12-15(13-11-14)17(20)22-18(2,3)4/h6-13H,5H2,1-4H3/b8-6+,9-7+. The maximum absolute atomic E-state index is 11.9. The van der Waals surface area contributed by atoms with E-state index in [1.165, 1.54) is 6.08 Å². The lowest BCUT2D eigenvalue weighted by molar-refractivity contribution is -0.137. The molecule has 0 saturated carbocycles. The molecule has 0 aliphatic heterocycles. The molecule has 0 amide bonds. The van der Waals surface area contributed by atoms with Crippen LogP contribution in [0.4, 0.5) is 0 Å². The SMILES string of the molecule is CCOC(=O)/C=C/C=C/c1ccc(C(=O)OC(C)(C)C)cc1. The van der Waals surface area contributed by atoms with Crippen LogP contribution in [-0.4, -0.2) is 24.1 Å². The summed E-state index contributed by atoms with van der Waals surface area (Å²) in [5.41, 5.74) is 0.919. The lowest BCUT2D eigenvalue weighted by atomic mass is 10.1. The van der Waals surface area contributed by atoms with Crippen LogP contribution in [0.15, 0.2) is 42.5 Å². The van der Waals surface area contributed by atoms with E-state index in [4.69, 9.17) is 9.47 Å². The van der Waals surface area contributed by atoms with Gasteiger partial charge in [0, 0.05) is 6.08 Å². The highest BCUT2D eigenvalue weighted by Crippen LogP contribution is 2.13. The Hall–Kier alpha value is -2.36. The highest BCUT2D eigenvalue weighted by atomic mass is 16.6. The van der Waals surface area contributed by atoms with E-state index in [0.717, 1.165) is 5.56 Å². The van der Waals surface area contributed by atoms with Crippen LogP contribution in [0.1, 0.15) is 43.6 Å². The normalized spacial score (nSPS) is 11.8. The van der Waals surface area contributed by atoms with Gasteiger partial charge < -0.3 is 9.47 Å². The molecule has 0 saturated heterocycles. The Morgan fingerprint density at radius 1 is 1.09 bits per heavy atom. The lowest BCUT2D eigenvalue weighted by Gasteiger charge is -2.19. The van der Waals surface area contributed by atoms with Crippen molar-refractivity contribution in [2.24, 2.45) is 0 Å². The summed E-state index contributed by atoms with van der Waals surface area (Å²) in [5, 5.41) is 0. The number of esters is 2. The van der Waals surface area contributed by atoms with Crippen LogP contribution in [0.25, 0.3) is 6.08 Å². The summed E-state index contributed by atoms with van der Waals surface area (Å²) in [4.78, 5) is 23.0. The van der Waals surface area contributed by atoms with E-state index in [9.17, 15) is 9.59 Å². The van der Waals surface area contributed by atoms with Crippen molar-refractivity contribution in [2.45, 2.75) is 33.3 Å². The van der Waals surface area contributed by atoms with Gasteiger partial charge in [0.1, 0.15) is 5.60 Å². The Morgan fingerprint density at radius 2 is 1.73 bits per heavy atom. The van der Waals surface area contributed by atoms with Gasteiger partial charge in [0.15, 0.2) is 0 Å². The molecule has 1 aromatic rings. The quantitative estimate of drug-likeness (QED) is 0.472. The topological polar surface area (TPSA) is 52.6 Å². The molecule has 0 heterocycles. The molecule has 0 aliphatic carbocycles. The summed E-state index contributed by atoms with van der Waals surface area (Å²) in [6, 6.07) is 7.05. The zero-order valence-corrected chi connectivity index (χ0v) is 13.5. The highest BCUT2D eigenvalue weighted by molar-refractivity contribution is 5.90. The molecule has 22 heavy (non-hydrogen) atoms. The third kappa shape index (κ3) is 6.88. The molecule has 0 atom stereocenters. The van der Waals surface area contributed by atoms with E-state index < -0.39 is 5.60 Å². The summed E-state index contributed by atoms with van der Waals surface area (Å²) < 4.78 is 10.1. The molecule has 1 aromatic carbocycles. The lowest BCUT2D eigenvalue weighted by Crippen LogP contribution is -2.23. The van der Waals surface area contributed by atoms with E-state index in [1.807, 2.05) is 39.0 Å². The molecule has 0 aromatic heterocycles. The zero-order valence-electron chi connectivity index (χ0n) is 13.5. The summed E-state index contributed by atoms with van der Waals surface area (Å²) in [6.07, 6.45) is 6.53. The fraction of sp³-hybridized carbons (Fsp3) is 0.333. The Kier molecular flexibility index (Phi) is 6.57. The Bertz CT molecular complexity index is 560. The van der Waals surface area contributed by atoms with Gasteiger partial charge in [-0.25, -0.2) is 9.59 Å². The molecule has 0 unspecified atom stereocenters. The van der Waals surface area contributed by atoms with Crippen molar-refractivity contribution >= 4 is 18.0 Å². The number of carbonyl (C=O) groups is 2. The number of benzene rings is 1. The Morgan fingerprint density at radius 3 is 2.27 bits per heavy atom. The average Bonchev–Trinajstić information content (AvgIpc) is 2.43. The van der Waals surface area contributed by atoms with Gasteiger partial charge in [-0.1, -0.05) is 30.4 Å².